The molecule has 0 aliphatic rings. The first-order chi connectivity index (χ1) is 12.0. The van der Waals surface area contributed by atoms with E-state index in [1.807, 2.05) is 68.4 Å². The van der Waals surface area contributed by atoms with E-state index in [4.69, 9.17) is 15.9 Å². The first kappa shape index (κ1) is 18.8. The molecule has 2 aromatic rings. The highest BCUT2D eigenvalue weighted by atomic mass is 16.5. The van der Waals surface area contributed by atoms with E-state index >= 15 is 0 Å². The van der Waals surface area contributed by atoms with Gasteiger partial charge in [0, 0.05) is 16.8 Å². The molecule has 132 valence electrons. The summed E-state index contributed by atoms with van der Waals surface area (Å²) in [6.07, 6.45) is 3.03. The molecule has 0 amide bonds. The maximum Gasteiger partial charge on any atom is 0.119 e. The average molecular weight is 336 g/mol. The third-order valence-electron chi connectivity index (χ3n) is 4.01. The molecular weight excluding hydrogens is 308 g/mol. The summed E-state index contributed by atoms with van der Waals surface area (Å²) in [7, 11) is 0. The zero-order valence-electron chi connectivity index (χ0n) is 15.4. The van der Waals surface area contributed by atoms with Crippen LogP contribution in [-0.2, 0) is 0 Å². The van der Waals surface area contributed by atoms with Crippen LogP contribution in [-0.4, -0.2) is 11.8 Å². The lowest BCUT2D eigenvalue weighted by Gasteiger charge is -2.15. The number of allylic oxidation sites excluding steroid dienone is 1. The van der Waals surface area contributed by atoms with Crippen molar-refractivity contribution in [2.24, 2.45) is 5.73 Å². The maximum absolute atomic E-state index is 8.68. The summed E-state index contributed by atoms with van der Waals surface area (Å²) in [5.74, 6) is 0.821. The number of hydrogen-bond donors (Lipinski definition) is 2. The fraction of sp³-hybridized carbons (Fsp3) is 0.318. The van der Waals surface area contributed by atoms with Gasteiger partial charge in [0.25, 0.3) is 0 Å². The second-order valence-corrected chi connectivity index (χ2v) is 6.43. The van der Waals surface area contributed by atoms with Gasteiger partial charge < -0.3 is 10.5 Å². The van der Waals surface area contributed by atoms with Gasteiger partial charge in [0.2, 0.25) is 0 Å². The van der Waals surface area contributed by atoms with Gasteiger partial charge in [0.1, 0.15) is 5.75 Å². The van der Waals surface area contributed by atoms with Crippen molar-refractivity contribution >= 4 is 11.4 Å². The molecule has 0 aliphatic heterocycles. The van der Waals surface area contributed by atoms with Crippen LogP contribution in [0.4, 0.5) is 0 Å². The molecule has 0 atom stereocenters. The summed E-state index contributed by atoms with van der Waals surface area (Å²) in [6.45, 7) is 6.15. The van der Waals surface area contributed by atoms with Gasteiger partial charge in [-0.1, -0.05) is 43.7 Å². The summed E-state index contributed by atoms with van der Waals surface area (Å²) in [5.41, 5.74) is 10.4. The van der Waals surface area contributed by atoms with E-state index in [0.29, 0.717) is 11.4 Å². The van der Waals surface area contributed by atoms with Crippen LogP contribution in [0.15, 0.2) is 60.2 Å². The number of hydrogen-bond acceptors (Lipinski definition) is 3. The second-order valence-electron chi connectivity index (χ2n) is 6.43. The highest BCUT2D eigenvalue weighted by Crippen LogP contribution is 2.23. The van der Waals surface area contributed by atoms with Crippen LogP contribution in [0.5, 0.6) is 5.75 Å². The molecule has 0 fully saturated rings. The van der Waals surface area contributed by atoms with Crippen LogP contribution in [0, 0.1) is 5.41 Å². The SMILES string of the molecule is CCCC/C(C(=N)c1ccc(OC(C)C)cc1)=C(/N)c1ccccc1. The first-order valence-corrected chi connectivity index (χ1v) is 8.93. The molecule has 0 aliphatic carbocycles. The Morgan fingerprint density at radius 3 is 2.20 bits per heavy atom. The van der Waals surface area contributed by atoms with E-state index in [-0.39, 0.29) is 6.10 Å². The number of benzene rings is 2. The van der Waals surface area contributed by atoms with Gasteiger partial charge in [-0.15, -0.1) is 0 Å². The van der Waals surface area contributed by atoms with E-state index < -0.39 is 0 Å². The minimum absolute atomic E-state index is 0.138. The predicted molar refractivity (Wildman–Crippen MR) is 106 cm³/mol. The zero-order chi connectivity index (χ0) is 18.2. The molecule has 0 saturated heterocycles. The van der Waals surface area contributed by atoms with Crippen LogP contribution in [0.1, 0.15) is 51.2 Å². The van der Waals surface area contributed by atoms with Gasteiger partial charge in [-0.3, -0.25) is 5.41 Å². The number of rotatable bonds is 8. The van der Waals surface area contributed by atoms with E-state index in [9.17, 15) is 0 Å². The number of unbranched alkanes of at least 4 members (excludes halogenated alkanes) is 1. The van der Waals surface area contributed by atoms with Gasteiger partial charge in [0.05, 0.1) is 11.8 Å². The Morgan fingerprint density at radius 1 is 1.00 bits per heavy atom. The monoisotopic (exact) mass is 336 g/mol. The summed E-state index contributed by atoms with van der Waals surface area (Å²) < 4.78 is 5.68. The second kappa shape index (κ2) is 9.07. The third kappa shape index (κ3) is 5.21. The summed E-state index contributed by atoms with van der Waals surface area (Å²) in [4.78, 5) is 0. The largest absolute Gasteiger partial charge is 0.491 e. The summed E-state index contributed by atoms with van der Waals surface area (Å²) in [6, 6.07) is 17.6. The van der Waals surface area contributed by atoms with Crippen molar-refractivity contribution in [1.29, 1.82) is 5.41 Å². The lowest BCUT2D eigenvalue weighted by atomic mass is 9.94. The Morgan fingerprint density at radius 2 is 1.64 bits per heavy atom. The Kier molecular flexibility index (Phi) is 6.81. The molecule has 0 aromatic heterocycles. The fourth-order valence-corrected chi connectivity index (χ4v) is 2.69. The number of nitrogens with two attached hydrogens (primary N) is 1. The van der Waals surface area contributed by atoms with Crippen LogP contribution in [0.2, 0.25) is 0 Å². The molecule has 2 rings (SSSR count). The zero-order valence-corrected chi connectivity index (χ0v) is 15.4. The Bertz CT molecular complexity index is 715. The van der Waals surface area contributed by atoms with Crippen molar-refractivity contribution in [2.75, 3.05) is 0 Å². The standard InChI is InChI=1S/C22H28N2O/c1-4-5-11-20(21(23)17-9-7-6-8-10-17)22(24)18-12-14-19(15-13-18)25-16(2)3/h6-10,12-16,24H,4-5,11,23H2,1-3H3/b21-20-,24-22?. The van der Waals surface area contributed by atoms with Gasteiger partial charge >= 0.3 is 0 Å². The van der Waals surface area contributed by atoms with Crippen molar-refractivity contribution < 1.29 is 4.74 Å². The highest BCUT2D eigenvalue weighted by Gasteiger charge is 2.13. The van der Waals surface area contributed by atoms with Crippen molar-refractivity contribution in [3.05, 3.63) is 71.3 Å². The summed E-state index contributed by atoms with van der Waals surface area (Å²) >= 11 is 0. The van der Waals surface area contributed by atoms with Crippen LogP contribution in [0.25, 0.3) is 5.70 Å². The maximum atomic E-state index is 8.68. The van der Waals surface area contributed by atoms with Gasteiger partial charge in [-0.2, -0.15) is 0 Å². The van der Waals surface area contributed by atoms with Crippen LogP contribution >= 0.6 is 0 Å². The van der Waals surface area contributed by atoms with Crippen LogP contribution < -0.4 is 10.5 Å². The molecule has 25 heavy (non-hydrogen) atoms. The fourth-order valence-electron chi connectivity index (χ4n) is 2.69. The predicted octanol–water partition coefficient (Wildman–Crippen LogP) is 5.40. The lowest BCUT2D eigenvalue weighted by Crippen LogP contribution is -2.12. The van der Waals surface area contributed by atoms with Crippen LogP contribution in [0.3, 0.4) is 0 Å². The highest BCUT2D eigenvalue weighted by molar-refractivity contribution is 6.14. The molecule has 0 spiro atoms. The quantitative estimate of drug-likeness (QED) is 0.634. The Balaban J connectivity index is 2.32. The minimum atomic E-state index is 0.138. The third-order valence-corrected chi connectivity index (χ3v) is 4.01. The molecule has 0 radical (unpaired) electrons. The molecule has 0 heterocycles. The lowest BCUT2D eigenvalue weighted by molar-refractivity contribution is 0.242. The topological polar surface area (TPSA) is 59.1 Å². The molecule has 0 bridgehead atoms. The molecular formula is C22H28N2O. The van der Waals surface area contributed by atoms with Crippen molar-refractivity contribution in [1.82, 2.24) is 0 Å². The molecule has 3 heteroatoms. The Hall–Kier alpha value is -2.55. The number of ether oxygens (including phenoxy) is 1. The molecule has 2 aromatic carbocycles. The molecule has 3 N–H and O–H groups in total. The number of nitrogens with one attached hydrogen (secondary N) is 1. The van der Waals surface area contributed by atoms with E-state index in [0.717, 1.165) is 41.7 Å². The normalized spacial score (nSPS) is 12.0. The van der Waals surface area contributed by atoms with E-state index in [2.05, 4.69) is 6.92 Å². The van der Waals surface area contributed by atoms with E-state index in [1.165, 1.54) is 0 Å². The van der Waals surface area contributed by atoms with Crippen molar-refractivity contribution in [3.8, 4) is 5.75 Å². The smallest absolute Gasteiger partial charge is 0.119 e. The Labute approximate surface area is 151 Å². The van der Waals surface area contributed by atoms with Gasteiger partial charge in [-0.25, -0.2) is 0 Å². The molecule has 3 nitrogen and oxygen atoms in total. The van der Waals surface area contributed by atoms with Crippen molar-refractivity contribution in [2.45, 2.75) is 46.1 Å². The average Bonchev–Trinajstić information content (AvgIpc) is 2.62. The minimum Gasteiger partial charge on any atom is -0.491 e. The van der Waals surface area contributed by atoms with Gasteiger partial charge in [-0.05, 0) is 56.5 Å². The first-order valence-electron chi connectivity index (χ1n) is 8.93. The van der Waals surface area contributed by atoms with E-state index in [1.54, 1.807) is 0 Å². The molecule has 0 saturated carbocycles. The van der Waals surface area contributed by atoms with Gasteiger partial charge in [0.15, 0.2) is 0 Å². The summed E-state index contributed by atoms with van der Waals surface area (Å²) in [5, 5.41) is 8.68. The van der Waals surface area contributed by atoms with Crippen molar-refractivity contribution in [3.63, 3.8) is 0 Å². The molecule has 0 unspecified atom stereocenters.